The predicted molar refractivity (Wildman–Crippen MR) is 113 cm³/mol. The molecule has 1 rings (SSSR count). The van der Waals surface area contributed by atoms with E-state index >= 15 is 0 Å². The summed E-state index contributed by atoms with van der Waals surface area (Å²) in [6.07, 6.45) is 5.04. The fourth-order valence-corrected chi connectivity index (χ4v) is 4.68. The van der Waals surface area contributed by atoms with Crippen molar-refractivity contribution in [3.05, 3.63) is 29.3 Å². The molecule has 1 N–H and O–H groups in total. The molecule has 1 aromatic rings. The van der Waals surface area contributed by atoms with Crippen LogP contribution in [0.25, 0.3) is 0 Å². The number of benzene rings is 1. The van der Waals surface area contributed by atoms with Crippen LogP contribution >= 0.6 is 34.2 Å². The second kappa shape index (κ2) is 12.9. The zero-order valence-corrected chi connectivity index (χ0v) is 18.8. The van der Waals surface area contributed by atoms with Gasteiger partial charge in [0.15, 0.2) is 0 Å². The quantitative estimate of drug-likeness (QED) is 0.181. The molecular weight excluding hydrogens is 489 g/mol. The monoisotopic (exact) mass is 515 g/mol. The predicted octanol–water partition coefficient (Wildman–Crippen LogP) is 4.57. The second-order valence-corrected chi connectivity index (χ2v) is 9.32. The molecule has 26 heavy (non-hydrogen) atoms. The van der Waals surface area contributed by atoms with Crippen molar-refractivity contribution in [1.82, 2.24) is 4.72 Å². The van der Waals surface area contributed by atoms with Gasteiger partial charge in [-0.25, -0.2) is 13.1 Å². The van der Waals surface area contributed by atoms with Gasteiger partial charge in [0.25, 0.3) is 0 Å². The summed E-state index contributed by atoms with van der Waals surface area (Å²) in [4.78, 5) is 11.7. The van der Waals surface area contributed by atoms with Crippen molar-refractivity contribution in [2.45, 2.75) is 50.3 Å². The van der Waals surface area contributed by atoms with Crippen LogP contribution < -0.4 is 4.72 Å². The van der Waals surface area contributed by atoms with E-state index in [-0.39, 0.29) is 10.9 Å². The normalized spacial score (nSPS) is 12.7. The van der Waals surface area contributed by atoms with Gasteiger partial charge in [-0.2, -0.15) is 0 Å². The van der Waals surface area contributed by atoms with Crippen LogP contribution in [0.4, 0.5) is 0 Å². The van der Waals surface area contributed by atoms with E-state index in [1.54, 1.807) is 12.1 Å². The number of carbonyl (C=O) groups is 1. The zero-order valence-electron chi connectivity index (χ0n) is 15.0. The van der Waals surface area contributed by atoms with E-state index in [9.17, 15) is 13.2 Å². The van der Waals surface area contributed by atoms with Crippen LogP contribution in [0.5, 0.6) is 0 Å². The van der Waals surface area contributed by atoms with Crippen LogP contribution in [-0.2, 0) is 19.6 Å². The van der Waals surface area contributed by atoms with E-state index in [1.807, 2.05) is 6.92 Å². The average Bonchev–Trinajstić information content (AvgIpc) is 2.60. The van der Waals surface area contributed by atoms with Gasteiger partial charge in [-0.05, 0) is 60.8 Å². The number of esters is 1. The van der Waals surface area contributed by atoms with Gasteiger partial charge in [0, 0.05) is 18.0 Å². The van der Waals surface area contributed by atoms with Crippen LogP contribution in [0.1, 0.15) is 45.4 Å². The van der Waals surface area contributed by atoms with Gasteiger partial charge in [0.2, 0.25) is 10.0 Å². The summed E-state index contributed by atoms with van der Waals surface area (Å²) >= 11 is 8.13. The Hall–Kier alpha value is -0.380. The highest BCUT2D eigenvalue weighted by atomic mass is 127. The number of hydrogen-bond donors (Lipinski definition) is 1. The first-order valence-electron chi connectivity index (χ1n) is 8.86. The third kappa shape index (κ3) is 9.53. The number of unbranched alkanes of at least 4 members (excludes halogenated alkanes) is 1. The first-order chi connectivity index (χ1) is 12.4. The molecule has 0 spiro atoms. The molecule has 1 atom stereocenters. The summed E-state index contributed by atoms with van der Waals surface area (Å²) in [5, 5.41) is 0.507. The largest absolute Gasteiger partial charge is 0.466 e. The summed E-state index contributed by atoms with van der Waals surface area (Å²) in [6.45, 7) is 2.63. The molecule has 1 unspecified atom stereocenters. The number of alkyl halides is 1. The van der Waals surface area contributed by atoms with Gasteiger partial charge in [-0.15, -0.1) is 0 Å². The van der Waals surface area contributed by atoms with Gasteiger partial charge in [-0.1, -0.05) is 47.0 Å². The molecule has 0 aromatic heterocycles. The summed E-state index contributed by atoms with van der Waals surface area (Å²) in [6, 6.07) is 6.12. The number of sulfonamides is 1. The number of hydrogen-bond acceptors (Lipinski definition) is 4. The summed E-state index contributed by atoms with van der Waals surface area (Å²) < 4.78 is 33.0. The minimum absolute atomic E-state index is 0.137. The SMILES string of the molecule is CCOC(=O)CCC(CCI)CCCCNS(=O)(=O)c1ccc(Cl)cc1. The standard InChI is InChI=1S/C18H27ClINO4S/c1-2-25-18(22)11-6-15(12-13-20)5-3-4-14-21-26(23,24)17-9-7-16(19)8-10-17/h7-10,15,21H,2-6,11-14H2,1H3. The Labute approximate surface area is 175 Å². The first kappa shape index (κ1) is 23.7. The van der Waals surface area contributed by atoms with Crippen molar-refractivity contribution in [1.29, 1.82) is 0 Å². The molecule has 0 aliphatic rings. The number of rotatable bonds is 13. The first-order valence-corrected chi connectivity index (χ1v) is 12.2. The highest BCUT2D eigenvalue weighted by molar-refractivity contribution is 14.1. The highest BCUT2D eigenvalue weighted by Crippen LogP contribution is 2.20. The molecule has 1 aromatic carbocycles. The molecule has 8 heteroatoms. The maximum Gasteiger partial charge on any atom is 0.305 e. The van der Waals surface area contributed by atoms with Crippen LogP contribution in [0.3, 0.4) is 0 Å². The lowest BCUT2D eigenvalue weighted by Crippen LogP contribution is -2.24. The molecule has 0 saturated carbocycles. The maximum atomic E-state index is 12.2. The Balaban J connectivity index is 2.32. The van der Waals surface area contributed by atoms with E-state index in [0.717, 1.165) is 36.5 Å². The molecule has 0 saturated heterocycles. The molecule has 0 aliphatic heterocycles. The molecule has 0 heterocycles. The van der Waals surface area contributed by atoms with E-state index in [0.29, 0.717) is 30.5 Å². The van der Waals surface area contributed by atoms with E-state index in [1.165, 1.54) is 12.1 Å². The van der Waals surface area contributed by atoms with Crippen molar-refractivity contribution < 1.29 is 17.9 Å². The van der Waals surface area contributed by atoms with Gasteiger partial charge in [0.05, 0.1) is 11.5 Å². The van der Waals surface area contributed by atoms with Crippen molar-refractivity contribution in [2.24, 2.45) is 5.92 Å². The van der Waals surface area contributed by atoms with E-state index in [2.05, 4.69) is 27.3 Å². The summed E-state index contributed by atoms with van der Waals surface area (Å²) in [5.41, 5.74) is 0. The van der Waals surface area contributed by atoms with Crippen LogP contribution in [0.2, 0.25) is 5.02 Å². The molecule has 0 amide bonds. The van der Waals surface area contributed by atoms with E-state index in [4.69, 9.17) is 16.3 Å². The molecule has 0 aliphatic carbocycles. The number of halogens is 2. The Morgan fingerprint density at radius 2 is 1.88 bits per heavy atom. The average molecular weight is 516 g/mol. The number of nitrogens with one attached hydrogen (secondary N) is 1. The van der Waals surface area contributed by atoms with Gasteiger partial charge in [0.1, 0.15) is 0 Å². The minimum atomic E-state index is -3.49. The Bertz CT molecular complexity index is 637. The Kier molecular flexibility index (Phi) is 11.7. The third-order valence-corrected chi connectivity index (χ3v) is 6.39. The smallest absolute Gasteiger partial charge is 0.305 e. The number of carbonyl (C=O) groups excluding carboxylic acids is 1. The van der Waals surface area contributed by atoms with Gasteiger partial charge < -0.3 is 4.74 Å². The second-order valence-electron chi connectivity index (χ2n) is 6.03. The molecule has 5 nitrogen and oxygen atoms in total. The lowest BCUT2D eigenvalue weighted by atomic mass is 9.94. The van der Waals surface area contributed by atoms with Crippen molar-refractivity contribution in [3.63, 3.8) is 0 Å². The zero-order chi connectivity index (χ0) is 19.4. The minimum Gasteiger partial charge on any atom is -0.466 e. The maximum absolute atomic E-state index is 12.2. The summed E-state index contributed by atoms with van der Waals surface area (Å²) in [5.74, 6) is 0.339. The van der Waals surface area contributed by atoms with Gasteiger partial charge in [-0.3, -0.25) is 4.79 Å². The lowest BCUT2D eigenvalue weighted by Gasteiger charge is -2.15. The lowest BCUT2D eigenvalue weighted by molar-refractivity contribution is -0.143. The summed E-state index contributed by atoms with van der Waals surface area (Å²) in [7, 11) is -3.49. The van der Waals surface area contributed by atoms with Crippen molar-refractivity contribution in [2.75, 3.05) is 17.6 Å². The molecular formula is C18H27ClINO4S. The molecule has 0 radical (unpaired) electrons. The van der Waals surface area contributed by atoms with Crippen molar-refractivity contribution in [3.8, 4) is 0 Å². The van der Waals surface area contributed by atoms with Crippen molar-refractivity contribution >= 4 is 50.2 Å². The van der Waals surface area contributed by atoms with Crippen LogP contribution in [0, 0.1) is 5.92 Å². The number of ether oxygens (including phenoxy) is 1. The Morgan fingerprint density at radius 3 is 2.50 bits per heavy atom. The van der Waals surface area contributed by atoms with Crippen LogP contribution in [-0.4, -0.2) is 32.0 Å². The van der Waals surface area contributed by atoms with E-state index < -0.39 is 10.0 Å². The molecule has 148 valence electrons. The fourth-order valence-electron chi connectivity index (χ4n) is 2.60. The molecule has 0 bridgehead atoms. The van der Waals surface area contributed by atoms with Gasteiger partial charge >= 0.3 is 5.97 Å². The third-order valence-electron chi connectivity index (χ3n) is 4.03. The Morgan fingerprint density at radius 1 is 1.19 bits per heavy atom. The van der Waals surface area contributed by atoms with Crippen LogP contribution in [0.15, 0.2) is 29.2 Å². The molecule has 0 fully saturated rings. The fraction of sp³-hybridized carbons (Fsp3) is 0.611. The highest BCUT2D eigenvalue weighted by Gasteiger charge is 2.14. The topological polar surface area (TPSA) is 72.5 Å².